The summed E-state index contributed by atoms with van der Waals surface area (Å²) in [6, 6.07) is 10.3. The Morgan fingerprint density at radius 3 is 2.43 bits per heavy atom. The van der Waals surface area contributed by atoms with Crippen molar-refractivity contribution >= 4 is 17.4 Å². The molecule has 6 heteroatoms. The first-order valence-corrected chi connectivity index (χ1v) is 7.22. The maximum atomic E-state index is 12.1. The highest BCUT2D eigenvalue weighted by molar-refractivity contribution is 6.10. The molecule has 1 aromatic heterocycles. The van der Waals surface area contributed by atoms with Crippen LogP contribution < -0.4 is 16.6 Å². The lowest BCUT2D eigenvalue weighted by molar-refractivity contribution is 0.100. The van der Waals surface area contributed by atoms with Crippen LogP contribution in [0, 0.1) is 0 Å². The quantitative estimate of drug-likeness (QED) is 0.597. The van der Waals surface area contributed by atoms with Crippen LogP contribution in [0.2, 0.25) is 0 Å². The van der Waals surface area contributed by atoms with Crippen LogP contribution >= 0.6 is 0 Å². The molecule has 0 aliphatic carbocycles. The normalized spacial score (nSPS) is 12.0. The van der Waals surface area contributed by atoms with Gasteiger partial charge in [-0.25, -0.2) is 0 Å². The average Bonchev–Trinajstić information content (AvgIpc) is 2.46. The zero-order valence-electron chi connectivity index (χ0n) is 13.4. The summed E-state index contributed by atoms with van der Waals surface area (Å²) < 4.78 is 0. The lowest BCUT2D eigenvalue weighted by atomic mass is 10.1. The van der Waals surface area contributed by atoms with Crippen molar-refractivity contribution < 1.29 is 4.79 Å². The monoisotopic (exact) mass is 312 g/mol. The Morgan fingerprint density at radius 2 is 1.83 bits per heavy atom. The second-order valence-electron chi connectivity index (χ2n) is 6.14. The third-order valence-corrected chi connectivity index (χ3v) is 2.97. The molecule has 4 N–H and O–H groups in total. The van der Waals surface area contributed by atoms with Crippen LogP contribution in [-0.2, 0) is 0 Å². The number of carbonyl (C=O) groups is 1. The van der Waals surface area contributed by atoms with Gasteiger partial charge in [0.2, 0.25) is 0 Å². The largest absolute Gasteiger partial charge is 0.383 e. The van der Waals surface area contributed by atoms with Gasteiger partial charge in [-0.05, 0) is 39.0 Å². The maximum Gasteiger partial charge on any atom is 0.278 e. The van der Waals surface area contributed by atoms with Crippen LogP contribution in [0.4, 0.5) is 5.69 Å². The summed E-state index contributed by atoms with van der Waals surface area (Å²) in [5.41, 5.74) is 6.35. The molecule has 0 radical (unpaired) electrons. The Balaban J connectivity index is 2.43. The van der Waals surface area contributed by atoms with Gasteiger partial charge in [0.05, 0.1) is 5.69 Å². The summed E-state index contributed by atoms with van der Waals surface area (Å²) in [6.07, 6.45) is 1.52. The van der Waals surface area contributed by atoms with E-state index in [4.69, 9.17) is 5.73 Å². The van der Waals surface area contributed by atoms with Crippen LogP contribution in [0.1, 0.15) is 36.7 Å². The number of aliphatic imine (C=N–C) groups is 1. The van der Waals surface area contributed by atoms with Crippen molar-refractivity contribution in [3.8, 4) is 0 Å². The Hall–Kier alpha value is -2.89. The van der Waals surface area contributed by atoms with Gasteiger partial charge < -0.3 is 16.0 Å². The van der Waals surface area contributed by atoms with Gasteiger partial charge in [-0.15, -0.1) is 0 Å². The zero-order chi connectivity index (χ0) is 17.0. The summed E-state index contributed by atoms with van der Waals surface area (Å²) in [6.45, 7) is 5.88. The molecule has 0 bridgehead atoms. The van der Waals surface area contributed by atoms with E-state index < -0.39 is 11.5 Å². The summed E-state index contributed by atoms with van der Waals surface area (Å²) in [5.74, 6) is -0.611. The lowest BCUT2D eigenvalue weighted by Crippen LogP contribution is -2.32. The Kier molecular flexibility index (Phi) is 4.64. The molecule has 1 amide bonds. The van der Waals surface area contributed by atoms with Crippen molar-refractivity contribution in [2.45, 2.75) is 26.3 Å². The number of rotatable bonds is 3. The number of nitrogens with one attached hydrogen (secondary N) is 2. The predicted octanol–water partition coefficient (Wildman–Crippen LogP) is 2.13. The summed E-state index contributed by atoms with van der Waals surface area (Å²) in [7, 11) is 0. The van der Waals surface area contributed by atoms with Gasteiger partial charge in [0, 0.05) is 17.3 Å². The number of hydrogen-bond donors (Lipinski definition) is 3. The fraction of sp³-hybridized carbons (Fsp3) is 0.235. The van der Waals surface area contributed by atoms with Gasteiger partial charge >= 0.3 is 0 Å². The number of anilines is 1. The molecule has 23 heavy (non-hydrogen) atoms. The van der Waals surface area contributed by atoms with Crippen LogP contribution in [-0.4, -0.2) is 22.3 Å². The van der Waals surface area contributed by atoms with E-state index in [1.165, 1.54) is 6.20 Å². The molecule has 0 aliphatic rings. The molecular formula is C17H20N4O2. The number of nitrogens with zero attached hydrogens (tertiary/aromatic N) is 1. The number of hydrogen-bond acceptors (Lipinski definition) is 3. The van der Waals surface area contributed by atoms with Gasteiger partial charge in [-0.1, -0.05) is 18.2 Å². The van der Waals surface area contributed by atoms with Crippen LogP contribution in [0.15, 0.2) is 52.4 Å². The second kappa shape index (κ2) is 6.48. The Labute approximate surface area is 134 Å². The topological polar surface area (TPSA) is 100 Å². The third kappa shape index (κ3) is 4.29. The van der Waals surface area contributed by atoms with Crippen LogP contribution in [0.3, 0.4) is 0 Å². The van der Waals surface area contributed by atoms with E-state index >= 15 is 0 Å². The molecule has 1 heterocycles. The molecule has 120 valence electrons. The molecule has 0 aliphatic heterocycles. The third-order valence-electron chi connectivity index (χ3n) is 2.97. The molecular weight excluding hydrogens is 292 g/mol. The van der Waals surface area contributed by atoms with E-state index in [2.05, 4.69) is 15.3 Å². The first kappa shape index (κ1) is 16.5. The second-order valence-corrected chi connectivity index (χ2v) is 6.14. The van der Waals surface area contributed by atoms with Crippen molar-refractivity contribution in [1.82, 2.24) is 4.98 Å². The highest BCUT2D eigenvalue weighted by atomic mass is 16.1. The maximum absolute atomic E-state index is 12.1. The SMILES string of the molecule is CC(C)(C)Nc1cc[nH]c(=O)c1C(N)=NC(=O)c1ccccc1. The minimum Gasteiger partial charge on any atom is -0.383 e. The minimum atomic E-state index is -0.493. The van der Waals surface area contributed by atoms with Gasteiger partial charge in [0.15, 0.2) is 0 Å². The van der Waals surface area contributed by atoms with E-state index in [1.54, 1.807) is 36.4 Å². The highest BCUT2D eigenvalue weighted by Crippen LogP contribution is 2.16. The summed E-state index contributed by atoms with van der Waals surface area (Å²) in [5, 5.41) is 3.19. The summed E-state index contributed by atoms with van der Waals surface area (Å²) in [4.78, 5) is 30.7. The van der Waals surface area contributed by atoms with Gasteiger partial charge in [0.25, 0.3) is 11.5 Å². The van der Waals surface area contributed by atoms with Gasteiger partial charge in [-0.2, -0.15) is 4.99 Å². The van der Waals surface area contributed by atoms with Crippen LogP contribution in [0.5, 0.6) is 0 Å². The number of aromatic amines is 1. The standard InChI is InChI=1S/C17H20N4O2/c1-17(2,3)21-12-9-10-19-16(23)13(12)14(18)20-15(22)11-7-5-4-6-8-11/h4-10H,1-3H3,(H2,18,20,22)(H2,19,21,23). The van der Waals surface area contributed by atoms with Crippen LogP contribution in [0.25, 0.3) is 0 Å². The molecule has 2 rings (SSSR count). The Bertz CT molecular complexity index is 786. The smallest absolute Gasteiger partial charge is 0.278 e. The molecule has 0 fully saturated rings. The number of H-pyrrole nitrogens is 1. The number of aromatic nitrogens is 1. The lowest BCUT2D eigenvalue weighted by Gasteiger charge is -2.23. The molecule has 1 aromatic carbocycles. The molecule has 0 atom stereocenters. The fourth-order valence-electron chi connectivity index (χ4n) is 2.05. The van der Waals surface area contributed by atoms with E-state index in [0.717, 1.165) is 0 Å². The first-order chi connectivity index (χ1) is 10.8. The Morgan fingerprint density at radius 1 is 1.17 bits per heavy atom. The number of nitrogens with two attached hydrogens (primary N) is 1. The number of benzene rings is 1. The van der Waals surface area contributed by atoms with Gasteiger partial charge in [0.1, 0.15) is 11.4 Å². The van der Waals surface area contributed by atoms with Crippen molar-refractivity contribution in [2.75, 3.05) is 5.32 Å². The number of amidine groups is 1. The minimum absolute atomic E-state index is 0.118. The highest BCUT2D eigenvalue weighted by Gasteiger charge is 2.17. The molecule has 0 saturated heterocycles. The predicted molar refractivity (Wildman–Crippen MR) is 91.9 cm³/mol. The van der Waals surface area contributed by atoms with Crippen molar-refractivity contribution in [3.05, 3.63) is 64.1 Å². The molecule has 6 nitrogen and oxygen atoms in total. The number of pyridine rings is 1. The van der Waals surface area contributed by atoms with Crippen molar-refractivity contribution in [1.29, 1.82) is 0 Å². The van der Waals surface area contributed by atoms with E-state index in [1.807, 2.05) is 20.8 Å². The molecule has 0 saturated carbocycles. The van der Waals surface area contributed by atoms with E-state index in [9.17, 15) is 9.59 Å². The number of amides is 1. The average molecular weight is 312 g/mol. The first-order valence-electron chi connectivity index (χ1n) is 7.22. The number of carbonyl (C=O) groups excluding carboxylic acids is 1. The van der Waals surface area contributed by atoms with E-state index in [-0.39, 0.29) is 16.9 Å². The van der Waals surface area contributed by atoms with Crippen molar-refractivity contribution in [2.24, 2.45) is 10.7 Å². The zero-order valence-corrected chi connectivity index (χ0v) is 13.4. The van der Waals surface area contributed by atoms with E-state index in [0.29, 0.717) is 11.3 Å². The van der Waals surface area contributed by atoms with Crippen molar-refractivity contribution in [3.63, 3.8) is 0 Å². The fourth-order valence-corrected chi connectivity index (χ4v) is 2.05. The molecule has 0 spiro atoms. The summed E-state index contributed by atoms with van der Waals surface area (Å²) >= 11 is 0. The molecule has 0 unspecified atom stereocenters. The molecule has 2 aromatic rings. The van der Waals surface area contributed by atoms with Gasteiger partial charge in [-0.3, -0.25) is 9.59 Å².